The van der Waals surface area contributed by atoms with Crippen LogP contribution in [0.25, 0.3) is 0 Å². The van der Waals surface area contributed by atoms with Crippen LogP contribution in [0, 0.1) is 0 Å². The number of rotatable bonds is 4. The molecule has 8 heteroatoms. The number of carbonyl (C=O) groups is 2. The van der Waals surface area contributed by atoms with Crippen molar-refractivity contribution in [2.75, 3.05) is 21.3 Å². The van der Waals surface area contributed by atoms with Gasteiger partial charge in [0.2, 0.25) is 0 Å². The molecule has 0 aromatic heterocycles. The molecule has 1 amide bonds. The lowest BCUT2D eigenvalue weighted by molar-refractivity contribution is -0.144. The van der Waals surface area contributed by atoms with Gasteiger partial charge < -0.3 is 24.3 Å². The van der Waals surface area contributed by atoms with E-state index in [9.17, 15) is 9.59 Å². The van der Waals surface area contributed by atoms with Crippen molar-refractivity contribution in [2.24, 2.45) is 0 Å². The Balaban J connectivity index is 2.44. The second-order valence-corrected chi connectivity index (χ2v) is 4.61. The number of halogens is 1. The number of benzene rings is 1. The van der Waals surface area contributed by atoms with Crippen molar-refractivity contribution in [3.63, 3.8) is 0 Å². The third-order valence-corrected chi connectivity index (χ3v) is 3.40. The fourth-order valence-corrected chi connectivity index (χ4v) is 2.32. The maximum atomic E-state index is 11.7. The molecular formula is C13H14ClNO6. The summed E-state index contributed by atoms with van der Waals surface area (Å²) in [4.78, 5) is 23.1. The largest absolute Gasteiger partial charge is 0.493 e. The summed E-state index contributed by atoms with van der Waals surface area (Å²) in [5.74, 6) is 0.207. The molecule has 0 saturated carbocycles. The predicted molar refractivity (Wildman–Crippen MR) is 72.7 cm³/mol. The molecule has 1 N–H and O–H groups in total. The minimum atomic E-state index is -0.974. The summed E-state index contributed by atoms with van der Waals surface area (Å²) >= 11 is 6.17. The third kappa shape index (κ3) is 2.82. The third-order valence-electron chi connectivity index (χ3n) is 3.07. The number of hydrogen-bond donors (Lipinski definition) is 1. The van der Waals surface area contributed by atoms with Gasteiger partial charge in [-0.15, -0.1) is 0 Å². The van der Waals surface area contributed by atoms with Gasteiger partial charge in [0, 0.05) is 11.6 Å². The van der Waals surface area contributed by atoms with Crippen LogP contribution in [0.3, 0.4) is 0 Å². The lowest BCUT2D eigenvalue weighted by atomic mass is 10.0. The van der Waals surface area contributed by atoms with Gasteiger partial charge in [0.25, 0.3) is 0 Å². The molecule has 7 nitrogen and oxygen atoms in total. The quantitative estimate of drug-likeness (QED) is 0.851. The molecule has 0 bridgehead atoms. The van der Waals surface area contributed by atoms with Crippen molar-refractivity contribution >= 4 is 23.7 Å². The Kier molecular flexibility index (Phi) is 4.42. The zero-order chi connectivity index (χ0) is 15.6. The van der Waals surface area contributed by atoms with E-state index in [4.69, 9.17) is 25.8 Å². The molecule has 1 heterocycles. The number of amides is 1. The number of hydrogen-bond acceptors (Lipinski definition) is 6. The molecule has 0 radical (unpaired) electrons. The van der Waals surface area contributed by atoms with Crippen molar-refractivity contribution in [1.29, 1.82) is 0 Å². The van der Waals surface area contributed by atoms with E-state index in [1.807, 2.05) is 0 Å². The highest BCUT2D eigenvalue weighted by atomic mass is 35.5. The number of ether oxygens (including phenoxy) is 4. The molecular weight excluding hydrogens is 302 g/mol. The Hall–Kier alpha value is -2.15. The molecule has 0 unspecified atom stereocenters. The topological polar surface area (TPSA) is 83.1 Å². The van der Waals surface area contributed by atoms with Gasteiger partial charge in [-0.25, -0.2) is 9.59 Å². The van der Waals surface area contributed by atoms with Crippen molar-refractivity contribution < 1.29 is 28.5 Å². The molecule has 1 aliphatic rings. The predicted octanol–water partition coefficient (Wildman–Crippen LogP) is 1.68. The molecule has 1 aromatic rings. The standard InChI is InChI=1S/C13H14ClNO6/c1-18-8-4-6(7(14)5-9(8)19-2)11-10(12(16)20-3)15-13(17)21-11/h4-5,10-11H,1-3H3,(H,15,17)/t10-,11+/m0/s1. The van der Waals surface area contributed by atoms with Crippen molar-refractivity contribution in [3.8, 4) is 11.5 Å². The highest BCUT2D eigenvalue weighted by molar-refractivity contribution is 6.31. The molecule has 21 heavy (non-hydrogen) atoms. The molecule has 2 atom stereocenters. The van der Waals surface area contributed by atoms with E-state index < -0.39 is 24.2 Å². The number of carbonyl (C=O) groups excluding carboxylic acids is 2. The molecule has 1 saturated heterocycles. The van der Waals surface area contributed by atoms with Crippen LogP contribution in [0.4, 0.5) is 4.79 Å². The van der Waals surface area contributed by atoms with Gasteiger partial charge in [-0.3, -0.25) is 0 Å². The summed E-state index contributed by atoms with van der Waals surface area (Å²) in [6.45, 7) is 0. The van der Waals surface area contributed by atoms with Crippen molar-refractivity contribution in [2.45, 2.75) is 12.1 Å². The Morgan fingerprint density at radius 3 is 2.43 bits per heavy atom. The Labute approximate surface area is 126 Å². The fraction of sp³-hybridized carbons (Fsp3) is 0.385. The van der Waals surface area contributed by atoms with Crippen LogP contribution in [-0.2, 0) is 14.3 Å². The Bertz CT molecular complexity index is 576. The molecule has 0 spiro atoms. The average molecular weight is 316 g/mol. The highest BCUT2D eigenvalue weighted by Crippen LogP contribution is 2.39. The van der Waals surface area contributed by atoms with Gasteiger partial charge in [-0.05, 0) is 6.07 Å². The first-order valence-electron chi connectivity index (χ1n) is 5.98. The summed E-state index contributed by atoms with van der Waals surface area (Å²) in [6.07, 6.45) is -1.63. The molecule has 1 aromatic carbocycles. The lowest BCUT2D eigenvalue weighted by Gasteiger charge is -2.18. The van der Waals surface area contributed by atoms with E-state index >= 15 is 0 Å². The zero-order valence-electron chi connectivity index (χ0n) is 11.6. The van der Waals surface area contributed by atoms with E-state index in [2.05, 4.69) is 10.1 Å². The van der Waals surface area contributed by atoms with Gasteiger partial charge in [0.05, 0.1) is 26.4 Å². The lowest BCUT2D eigenvalue weighted by Crippen LogP contribution is -2.36. The molecule has 1 aliphatic heterocycles. The van der Waals surface area contributed by atoms with Crippen LogP contribution in [0.2, 0.25) is 5.02 Å². The monoisotopic (exact) mass is 315 g/mol. The van der Waals surface area contributed by atoms with Crippen LogP contribution in [0.15, 0.2) is 12.1 Å². The molecule has 2 rings (SSSR count). The SMILES string of the molecule is COC(=O)[C@H]1NC(=O)O[C@@H]1c1cc(OC)c(OC)cc1Cl. The first-order chi connectivity index (χ1) is 10.0. The number of methoxy groups -OCH3 is 3. The van der Waals surface area contributed by atoms with Crippen LogP contribution in [-0.4, -0.2) is 39.4 Å². The van der Waals surface area contributed by atoms with Gasteiger partial charge in [-0.1, -0.05) is 11.6 Å². The summed E-state index contributed by atoms with van der Waals surface area (Å²) in [5.41, 5.74) is 0.420. The number of cyclic esters (lactones) is 1. The van der Waals surface area contributed by atoms with Crippen LogP contribution >= 0.6 is 11.6 Å². The van der Waals surface area contributed by atoms with Crippen LogP contribution < -0.4 is 14.8 Å². The second-order valence-electron chi connectivity index (χ2n) is 4.20. The normalized spacial score (nSPS) is 20.5. The summed E-state index contributed by atoms with van der Waals surface area (Å²) < 4.78 is 20.1. The molecule has 0 aliphatic carbocycles. The van der Waals surface area contributed by atoms with Crippen LogP contribution in [0.5, 0.6) is 11.5 Å². The number of alkyl carbamates (subject to hydrolysis) is 1. The van der Waals surface area contributed by atoms with Gasteiger partial charge >= 0.3 is 12.1 Å². The summed E-state index contributed by atoms with van der Waals surface area (Å²) in [6, 6.07) is 2.11. The maximum absolute atomic E-state index is 11.7. The van der Waals surface area contributed by atoms with E-state index in [0.717, 1.165) is 0 Å². The molecule has 1 fully saturated rings. The van der Waals surface area contributed by atoms with E-state index in [1.165, 1.54) is 27.4 Å². The minimum absolute atomic E-state index is 0.281. The zero-order valence-corrected chi connectivity index (χ0v) is 12.4. The summed E-state index contributed by atoms with van der Waals surface area (Å²) in [7, 11) is 4.16. The van der Waals surface area contributed by atoms with Crippen LogP contribution in [0.1, 0.15) is 11.7 Å². The van der Waals surface area contributed by atoms with Crippen molar-refractivity contribution in [3.05, 3.63) is 22.7 Å². The van der Waals surface area contributed by atoms with Gasteiger partial charge in [0.1, 0.15) is 0 Å². The highest BCUT2D eigenvalue weighted by Gasteiger charge is 2.42. The fourth-order valence-electron chi connectivity index (χ4n) is 2.06. The first-order valence-corrected chi connectivity index (χ1v) is 6.36. The van der Waals surface area contributed by atoms with E-state index in [-0.39, 0.29) is 5.02 Å². The van der Waals surface area contributed by atoms with E-state index in [1.54, 1.807) is 6.07 Å². The minimum Gasteiger partial charge on any atom is -0.493 e. The van der Waals surface area contributed by atoms with Crippen molar-refractivity contribution in [1.82, 2.24) is 5.32 Å². The Morgan fingerprint density at radius 2 is 1.86 bits per heavy atom. The van der Waals surface area contributed by atoms with E-state index in [0.29, 0.717) is 17.1 Å². The number of esters is 1. The van der Waals surface area contributed by atoms with Gasteiger partial charge in [-0.2, -0.15) is 0 Å². The van der Waals surface area contributed by atoms with Gasteiger partial charge in [0.15, 0.2) is 23.6 Å². The second kappa shape index (κ2) is 6.09. The molecule has 114 valence electrons. The Morgan fingerprint density at radius 1 is 1.24 bits per heavy atom. The summed E-state index contributed by atoms with van der Waals surface area (Å²) in [5, 5.41) is 2.66. The maximum Gasteiger partial charge on any atom is 0.408 e. The average Bonchev–Trinajstić information content (AvgIpc) is 2.87. The number of nitrogens with one attached hydrogen (secondary N) is 1. The smallest absolute Gasteiger partial charge is 0.408 e. The first kappa shape index (κ1) is 15.2.